The molecule has 0 saturated carbocycles. The highest BCUT2D eigenvalue weighted by molar-refractivity contribution is 7.96. The van der Waals surface area contributed by atoms with Gasteiger partial charge < -0.3 is 23.2 Å². The summed E-state index contributed by atoms with van der Waals surface area (Å²) in [5.41, 5.74) is 5.37. The molecule has 0 fully saturated rings. The van der Waals surface area contributed by atoms with Crippen LogP contribution in [0.4, 0.5) is 0 Å². The van der Waals surface area contributed by atoms with E-state index in [1.807, 2.05) is 0 Å². The van der Waals surface area contributed by atoms with Crippen molar-refractivity contribution < 1.29 is 22.3 Å². The molecule has 0 saturated heterocycles. The van der Waals surface area contributed by atoms with Gasteiger partial charge in [-0.15, -0.1) is 12.4 Å². The van der Waals surface area contributed by atoms with Crippen LogP contribution in [0.1, 0.15) is 19.8 Å². The Bertz CT molecular complexity index is 153. The zero-order chi connectivity index (χ0) is 9.56. The van der Waals surface area contributed by atoms with E-state index in [9.17, 15) is 4.79 Å². The Labute approximate surface area is 114 Å². The highest BCUT2D eigenvalue weighted by atomic mass is 35.5. The minimum Gasteiger partial charge on any atom is -1.00 e. The van der Waals surface area contributed by atoms with Crippen LogP contribution < -0.4 is 18.1 Å². The molecule has 0 rings (SSSR count). The van der Waals surface area contributed by atoms with Gasteiger partial charge in [0.05, 0.1) is 6.26 Å². The molecule has 3 N–H and O–H groups in total. The Morgan fingerprint density at radius 1 is 1.47 bits per heavy atom. The third kappa shape index (κ3) is 14.7. The van der Waals surface area contributed by atoms with Gasteiger partial charge in [0.15, 0.2) is 0 Å². The quantitative estimate of drug-likeness (QED) is 0.557. The molecule has 0 aromatic rings. The lowest BCUT2D eigenvalue weighted by Crippen LogP contribution is -3.00. The van der Waals surface area contributed by atoms with Crippen molar-refractivity contribution in [3.05, 3.63) is 0 Å². The molecule has 15 heavy (non-hydrogen) atoms. The van der Waals surface area contributed by atoms with Gasteiger partial charge in [-0.05, 0) is 17.3 Å². The number of rotatable bonds is 6. The summed E-state index contributed by atoms with van der Waals surface area (Å²) in [6.07, 6.45) is 3.94. The van der Waals surface area contributed by atoms with Crippen molar-refractivity contribution in [2.24, 2.45) is 5.73 Å². The topological polar surface area (TPSA) is 63.3 Å². The lowest BCUT2D eigenvalue weighted by Gasteiger charge is -2.05. The molecule has 1 unspecified atom stereocenters. The van der Waals surface area contributed by atoms with Gasteiger partial charge in [-0.3, -0.25) is 4.79 Å². The monoisotopic (exact) mass is 297 g/mol. The first-order valence-corrected chi connectivity index (χ1v) is 6.12. The normalized spacial score (nSPS) is 12.5. The van der Waals surface area contributed by atoms with Crippen molar-refractivity contribution in [2.45, 2.75) is 25.8 Å². The number of hydrogen-bond acceptors (Lipinski definition) is 2. The molecule has 0 heterocycles. The van der Waals surface area contributed by atoms with Gasteiger partial charge in [0.2, 0.25) is 0 Å². The molecule has 0 aromatic heterocycles. The molecule has 96 valence electrons. The van der Waals surface area contributed by atoms with Crippen molar-refractivity contribution in [1.29, 1.82) is 0 Å². The van der Waals surface area contributed by atoms with E-state index in [1.54, 1.807) is 0 Å². The molecule has 0 aliphatic rings. The van der Waals surface area contributed by atoms with E-state index in [4.69, 9.17) is 10.8 Å². The van der Waals surface area contributed by atoms with Gasteiger partial charge in [0, 0.05) is 6.42 Å². The minimum atomic E-state index is -0.886. The van der Waals surface area contributed by atoms with Gasteiger partial charge in [-0.2, -0.15) is 13.5 Å². The number of hydrogen-bond donors (Lipinski definition) is 2. The number of carboxylic acid groups (broad SMARTS) is 1. The summed E-state index contributed by atoms with van der Waals surface area (Å²) >= 11 is 0. The summed E-state index contributed by atoms with van der Waals surface area (Å²) in [6.45, 7) is 2.14. The summed E-state index contributed by atoms with van der Waals surface area (Å²) in [5, 5.41) is 8.50. The molecule has 0 radical (unpaired) electrons. The summed E-state index contributed by atoms with van der Waals surface area (Å²) in [5.74, 6) is 1.25. The summed E-state index contributed by atoms with van der Waals surface area (Å²) in [4.78, 5) is 10.3. The lowest BCUT2D eigenvalue weighted by atomic mass is 10.2. The Balaban J connectivity index is -0.000000202. The average Bonchev–Trinajstić information content (AvgIpc) is 2.00. The first kappa shape index (κ1) is 24.8. The minimum absolute atomic E-state index is 0. The van der Waals surface area contributed by atoms with Crippen LogP contribution in [-0.2, 0) is 15.7 Å². The van der Waals surface area contributed by atoms with Gasteiger partial charge in [0.25, 0.3) is 0 Å². The third-order valence-electron chi connectivity index (χ3n) is 1.65. The van der Waals surface area contributed by atoms with Crippen molar-refractivity contribution in [1.82, 2.24) is 0 Å². The van der Waals surface area contributed by atoms with Crippen LogP contribution in [0.3, 0.4) is 0 Å². The fraction of sp³-hybridized carbons (Fsp3) is 0.875. The second-order valence-electron chi connectivity index (χ2n) is 2.92. The van der Waals surface area contributed by atoms with Crippen molar-refractivity contribution in [3.8, 4) is 0 Å². The second-order valence-corrected chi connectivity index (χ2v) is 5.30. The van der Waals surface area contributed by atoms with E-state index < -0.39 is 12.0 Å². The average molecular weight is 298 g/mol. The molecule has 0 aliphatic heterocycles. The summed E-state index contributed by atoms with van der Waals surface area (Å²) in [6, 6.07) is -0.670. The number of carboxylic acids is 1. The molecule has 2 atom stereocenters. The zero-order valence-corrected chi connectivity index (χ0v) is 12.4. The van der Waals surface area contributed by atoms with Crippen LogP contribution in [0.15, 0.2) is 0 Å². The Morgan fingerprint density at radius 2 is 1.93 bits per heavy atom. The van der Waals surface area contributed by atoms with Gasteiger partial charge in [0.1, 0.15) is 17.5 Å². The molecule has 0 aromatic carbocycles. The smallest absolute Gasteiger partial charge is 0.320 e. The van der Waals surface area contributed by atoms with Crippen LogP contribution in [0.5, 0.6) is 0 Å². The van der Waals surface area contributed by atoms with Crippen LogP contribution in [0.2, 0.25) is 0 Å². The van der Waals surface area contributed by atoms with Gasteiger partial charge in [-0.1, -0.05) is 6.92 Å². The maximum absolute atomic E-state index is 10.3. The largest absolute Gasteiger partial charge is 1.00 e. The number of carbonyl (C=O) groups is 1. The lowest BCUT2D eigenvalue weighted by molar-refractivity contribution is -0.138. The first-order chi connectivity index (χ1) is 5.57. The number of halogens is 2. The van der Waals surface area contributed by atoms with Crippen LogP contribution in [0, 0.1) is 0 Å². The maximum atomic E-state index is 10.3. The fourth-order valence-electron chi connectivity index (χ4n) is 0.902. The van der Waals surface area contributed by atoms with E-state index in [2.05, 4.69) is 13.2 Å². The molecule has 0 aliphatic carbocycles. The maximum Gasteiger partial charge on any atom is 0.320 e. The van der Waals surface area contributed by atoms with Crippen molar-refractivity contribution in [3.63, 3.8) is 0 Å². The highest BCUT2D eigenvalue weighted by Crippen LogP contribution is 1.99. The molecular formula is C8H21Cl2NO2S2. The van der Waals surface area contributed by atoms with Gasteiger partial charge in [-0.25, -0.2) is 0 Å². The Kier molecular flexibility index (Phi) is 24.3. The van der Waals surface area contributed by atoms with Crippen LogP contribution in [0.25, 0.3) is 0 Å². The standard InChI is InChI=1S/C8H17NO2S.2ClH.H2S/c1-3-5-12(2)6-4-7(9)8(10)11;;;/h7H,3-6,9H2,1-2H3;2*1H;1H2/t7-,12?;;;/m0.../s1. The fourth-order valence-corrected chi connectivity index (χ4v) is 2.46. The number of aliphatic carboxylic acids is 1. The molecule has 3 nitrogen and oxygen atoms in total. The predicted octanol–water partition coefficient (Wildman–Crippen LogP) is -2.01. The molecular weight excluding hydrogens is 277 g/mol. The van der Waals surface area contributed by atoms with Crippen LogP contribution >= 0.6 is 25.9 Å². The van der Waals surface area contributed by atoms with Crippen LogP contribution in [-0.4, -0.2) is 34.9 Å². The van der Waals surface area contributed by atoms with E-state index in [0.717, 1.165) is 5.75 Å². The van der Waals surface area contributed by atoms with Crippen molar-refractivity contribution >= 4 is 42.8 Å². The predicted molar refractivity (Wildman–Crippen MR) is 71.2 cm³/mol. The molecule has 0 amide bonds. The zero-order valence-electron chi connectivity index (χ0n) is 9.03. The summed E-state index contributed by atoms with van der Waals surface area (Å²) in [7, 11) is 0.350. The summed E-state index contributed by atoms with van der Waals surface area (Å²) < 4.78 is 0. The van der Waals surface area contributed by atoms with E-state index in [-0.39, 0.29) is 38.3 Å². The Hall–Kier alpha value is 0.710. The first-order valence-electron chi connectivity index (χ1n) is 4.15. The number of nitrogens with two attached hydrogens (primary N) is 1. The second kappa shape index (κ2) is 14.7. The van der Waals surface area contributed by atoms with Crippen molar-refractivity contribution in [2.75, 3.05) is 17.8 Å². The SMILES string of the molecule is CCC[S+](C)CC[C@H](N)C(=O)O.Cl.S.[Cl-]. The Morgan fingerprint density at radius 3 is 2.27 bits per heavy atom. The van der Waals surface area contributed by atoms with E-state index >= 15 is 0 Å². The third-order valence-corrected chi connectivity index (χ3v) is 3.68. The van der Waals surface area contributed by atoms with E-state index in [0.29, 0.717) is 17.3 Å². The highest BCUT2D eigenvalue weighted by Gasteiger charge is 2.16. The molecule has 7 heteroatoms. The molecule has 0 spiro atoms. The van der Waals surface area contributed by atoms with Gasteiger partial charge >= 0.3 is 5.97 Å². The van der Waals surface area contributed by atoms with E-state index in [1.165, 1.54) is 12.2 Å². The molecule has 0 bridgehead atoms.